The highest BCUT2D eigenvalue weighted by Gasteiger charge is 2.15. The Labute approximate surface area is 96.3 Å². The molecular weight excluding hydrogens is 226 g/mol. The number of nitrogens with two attached hydrogens (primary N) is 1. The summed E-state index contributed by atoms with van der Waals surface area (Å²) in [5, 5.41) is 10.6. The van der Waals surface area contributed by atoms with Crippen molar-refractivity contribution in [1.82, 2.24) is 0 Å². The Hall–Kier alpha value is -1.59. The third-order valence-electron chi connectivity index (χ3n) is 2.16. The molecule has 0 fully saturated rings. The van der Waals surface area contributed by atoms with E-state index >= 15 is 0 Å². The van der Waals surface area contributed by atoms with Gasteiger partial charge in [-0.3, -0.25) is 4.79 Å². The van der Waals surface area contributed by atoms with Gasteiger partial charge in [0.2, 0.25) is 0 Å². The second-order valence-electron chi connectivity index (χ2n) is 3.39. The van der Waals surface area contributed by atoms with Crippen LogP contribution in [0.15, 0.2) is 34.1 Å². The molecule has 0 amide bonds. The first-order chi connectivity index (χ1) is 7.66. The first-order valence-electron chi connectivity index (χ1n) is 4.78. The van der Waals surface area contributed by atoms with Gasteiger partial charge in [0.1, 0.15) is 17.6 Å². The summed E-state index contributed by atoms with van der Waals surface area (Å²) in [6, 6.07) is 6.56. The van der Waals surface area contributed by atoms with Gasteiger partial charge in [-0.15, -0.1) is 11.3 Å². The quantitative estimate of drug-likeness (QED) is 0.852. The first kappa shape index (κ1) is 10.9. The number of carboxylic acids is 1. The lowest BCUT2D eigenvalue weighted by Gasteiger charge is -2.02. The molecule has 2 heterocycles. The van der Waals surface area contributed by atoms with E-state index in [1.807, 2.05) is 23.6 Å². The fraction of sp³-hybridized carbons (Fsp3) is 0.182. The summed E-state index contributed by atoms with van der Waals surface area (Å²) in [5.74, 6) is 0.329. The molecule has 84 valence electrons. The molecule has 0 bridgehead atoms. The average molecular weight is 237 g/mol. The summed E-state index contributed by atoms with van der Waals surface area (Å²) in [6.07, 6.45) is 0.209. The number of hydrogen-bond donors (Lipinski definition) is 2. The van der Waals surface area contributed by atoms with Crippen molar-refractivity contribution in [3.05, 3.63) is 35.4 Å². The minimum atomic E-state index is -1.02. The molecule has 4 nitrogen and oxygen atoms in total. The number of thiophene rings is 1. The number of carboxylic acid groups (broad SMARTS) is 1. The molecular formula is C11H11NO3S. The van der Waals surface area contributed by atoms with Crippen molar-refractivity contribution in [1.29, 1.82) is 0 Å². The Balaban J connectivity index is 2.11. The van der Waals surface area contributed by atoms with Crippen LogP contribution in [0.3, 0.4) is 0 Å². The second kappa shape index (κ2) is 4.51. The van der Waals surface area contributed by atoms with E-state index in [2.05, 4.69) is 0 Å². The fourth-order valence-corrected chi connectivity index (χ4v) is 2.03. The minimum Gasteiger partial charge on any atom is -0.480 e. The van der Waals surface area contributed by atoms with Gasteiger partial charge in [0, 0.05) is 6.42 Å². The smallest absolute Gasteiger partial charge is 0.320 e. The molecule has 1 atom stereocenters. The summed E-state index contributed by atoms with van der Waals surface area (Å²) >= 11 is 1.57. The SMILES string of the molecule is NC(Cc1ccc(-c2cccs2)o1)C(=O)O. The van der Waals surface area contributed by atoms with Crippen LogP contribution < -0.4 is 5.73 Å². The van der Waals surface area contributed by atoms with Crippen LogP contribution in [0.4, 0.5) is 0 Å². The molecule has 0 aliphatic carbocycles. The van der Waals surface area contributed by atoms with Gasteiger partial charge < -0.3 is 15.3 Å². The minimum absolute atomic E-state index is 0.209. The van der Waals surface area contributed by atoms with E-state index in [0.717, 1.165) is 10.6 Å². The van der Waals surface area contributed by atoms with Crippen LogP contribution in [0.1, 0.15) is 5.76 Å². The molecule has 0 aliphatic rings. The van der Waals surface area contributed by atoms with E-state index in [-0.39, 0.29) is 6.42 Å². The summed E-state index contributed by atoms with van der Waals surface area (Å²) in [5.41, 5.74) is 5.42. The Bertz CT molecular complexity index is 475. The van der Waals surface area contributed by atoms with Crippen molar-refractivity contribution in [2.75, 3.05) is 0 Å². The molecule has 2 rings (SSSR count). The maximum atomic E-state index is 10.6. The monoisotopic (exact) mass is 237 g/mol. The zero-order valence-corrected chi connectivity index (χ0v) is 9.24. The third kappa shape index (κ3) is 2.32. The molecule has 0 aromatic carbocycles. The maximum Gasteiger partial charge on any atom is 0.320 e. The second-order valence-corrected chi connectivity index (χ2v) is 4.34. The Morgan fingerprint density at radius 1 is 1.50 bits per heavy atom. The van der Waals surface area contributed by atoms with Crippen molar-refractivity contribution in [3.63, 3.8) is 0 Å². The number of aliphatic carboxylic acids is 1. The van der Waals surface area contributed by atoms with Crippen molar-refractivity contribution in [2.45, 2.75) is 12.5 Å². The lowest BCUT2D eigenvalue weighted by atomic mass is 10.2. The number of rotatable bonds is 4. The molecule has 0 radical (unpaired) electrons. The Morgan fingerprint density at radius 3 is 2.94 bits per heavy atom. The van der Waals surface area contributed by atoms with Gasteiger partial charge in [0.25, 0.3) is 0 Å². The van der Waals surface area contributed by atoms with Crippen LogP contribution in [-0.2, 0) is 11.2 Å². The third-order valence-corrected chi connectivity index (χ3v) is 3.05. The molecule has 2 aromatic rings. The standard InChI is InChI=1S/C11H11NO3S/c12-8(11(13)14)6-7-3-4-9(15-7)10-2-1-5-16-10/h1-5,8H,6,12H2,(H,13,14). The summed E-state index contributed by atoms with van der Waals surface area (Å²) in [7, 11) is 0. The van der Waals surface area contributed by atoms with E-state index in [9.17, 15) is 4.79 Å². The molecule has 5 heteroatoms. The highest BCUT2D eigenvalue weighted by molar-refractivity contribution is 7.13. The zero-order chi connectivity index (χ0) is 11.5. The average Bonchev–Trinajstić information content (AvgIpc) is 2.85. The van der Waals surface area contributed by atoms with E-state index < -0.39 is 12.0 Å². The highest BCUT2D eigenvalue weighted by Crippen LogP contribution is 2.26. The normalized spacial score (nSPS) is 12.6. The summed E-state index contributed by atoms with van der Waals surface area (Å²) in [6.45, 7) is 0. The predicted molar refractivity (Wildman–Crippen MR) is 61.3 cm³/mol. The van der Waals surface area contributed by atoms with Crippen molar-refractivity contribution in [2.24, 2.45) is 5.73 Å². The molecule has 3 N–H and O–H groups in total. The van der Waals surface area contributed by atoms with Crippen LogP contribution in [0.2, 0.25) is 0 Å². The van der Waals surface area contributed by atoms with Crippen LogP contribution in [0, 0.1) is 0 Å². The topological polar surface area (TPSA) is 76.5 Å². The van der Waals surface area contributed by atoms with Crippen LogP contribution in [0.5, 0.6) is 0 Å². The molecule has 0 aliphatic heterocycles. The highest BCUT2D eigenvalue weighted by atomic mass is 32.1. The molecule has 2 aromatic heterocycles. The van der Waals surface area contributed by atoms with Crippen LogP contribution in [-0.4, -0.2) is 17.1 Å². The Morgan fingerprint density at radius 2 is 2.31 bits per heavy atom. The van der Waals surface area contributed by atoms with Gasteiger partial charge in [0.15, 0.2) is 0 Å². The molecule has 0 saturated carbocycles. The molecule has 16 heavy (non-hydrogen) atoms. The van der Waals surface area contributed by atoms with E-state index in [0.29, 0.717) is 5.76 Å². The summed E-state index contributed by atoms with van der Waals surface area (Å²) < 4.78 is 5.52. The van der Waals surface area contributed by atoms with Gasteiger partial charge >= 0.3 is 5.97 Å². The van der Waals surface area contributed by atoms with Crippen LogP contribution >= 0.6 is 11.3 Å². The fourth-order valence-electron chi connectivity index (χ4n) is 1.34. The van der Waals surface area contributed by atoms with Crippen molar-refractivity contribution in [3.8, 4) is 10.6 Å². The lowest BCUT2D eigenvalue weighted by molar-refractivity contribution is -0.138. The molecule has 0 spiro atoms. The number of furan rings is 1. The Kier molecular flexibility index (Phi) is 3.07. The maximum absolute atomic E-state index is 10.6. The molecule has 1 unspecified atom stereocenters. The number of carbonyl (C=O) groups is 1. The first-order valence-corrected chi connectivity index (χ1v) is 5.66. The van der Waals surface area contributed by atoms with E-state index in [4.69, 9.17) is 15.3 Å². The summed E-state index contributed by atoms with van der Waals surface area (Å²) in [4.78, 5) is 11.6. The van der Waals surface area contributed by atoms with Gasteiger partial charge in [0.05, 0.1) is 4.88 Å². The lowest BCUT2D eigenvalue weighted by Crippen LogP contribution is -2.32. The largest absolute Gasteiger partial charge is 0.480 e. The van der Waals surface area contributed by atoms with Gasteiger partial charge in [-0.2, -0.15) is 0 Å². The predicted octanol–water partition coefficient (Wildman–Crippen LogP) is 1.96. The zero-order valence-electron chi connectivity index (χ0n) is 8.42. The van der Waals surface area contributed by atoms with Crippen molar-refractivity contribution >= 4 is 17.3 Å². The van der Waals surface area contributed by atoms with Gasteiger partial charge in [-0.1, -0.05) is 6.07 Å². The van der Waals surface area contributed by atoms with E-state index in [1.165, 1.54) is 0 Å². The molecule has 0 saturated heterocycles. The van der Waals surface area contributed by atoms with Crippen molar-refractivity contribution < 1.29 is 14.3 Å². The van der Waals surface area contributed by atoms with Gasteiger partial charge in [-0.25, -0.2) is 0 Å². The van der Waals surface area contributed by atoms with E-state index in [1.54, 1.807) is 17.4 Å². The number of hydrogen-bond acceptors (Lipinski definition) is 4. The van der Waals surface area contributed by atoms with Crippen LogP contribution in [0.25, 0.3) is 10.6 Å². The van der Waals surface area contributed by atoms with Gasteiger partial charge in [-0.05, 0) is 23.6 Å².